The second kappa shape index (κ2) is 9.47. The highest BCUT2D eigenvalue weighted by atomic mass is 35.5. The Bertz CT molecular complexity index is 1080. The molecule has 0 bridgehead atoms. The van der Waals surface area contributed by atoms with Crippen molar-refractivity contribution in [1.82, 2.24) is 14.7 Å². The molecule has 8 heteroatoms. The molecule has 2 aromatic rings. The van der Waals surface area contributed by atoms with Crippen LogP contribution in [0.2, 0.25) is 5.02 Å². The highest BCUT2D eigenvalue weighted by Gasteiger charge is 2.26. The molecule has 154 valence electrons. The van der Waals surface area contributed by atoms with Crippen LogP contribution in [-0.4, -0.2) is 33.8 Å². The Morgan fingerprint density at radius 1 is 1.40 bits per heavy atom. The van der Waals surface area contributed by atoms with Crippen molar-refractivity contribution < 1.29 is 4.39 Å². The lowest BCUT2D eigenvalue weighted by molar-refractivity contribution is 0.401. The fraction of sp³-hybridized carbons (Fsp3) is 0.136. The first-order chi connectivity index (χ1) is 14.4. The third-order valence-electron chi connectivity index (χ3n) is 4.54. The quantitative estimate of drug-likeness (QED) is 0.679. The van der Waals surface area contributed by atoms with Gasteiger partial charge in [0.1, 0.15) is 5.82 Å². The molecule has 0 spiro atoms. The third-order valence-corrected chi connectivity index (χ3v) is 4.85. The average molecular weight is 425 g/mol. The SMILES string of the molecule is C=N/C=C\C(=N/CN)C1=CC(=C)N(C(c2ccc(Cl)c(F)c2)c2cnn(C)c2)C=C1. The van der Waals surface area contributed by atoms with Crippen molar-refractivity contribution in [2.24, 2.45) is 22.8 Å². The maximum Gasteiger partial charge on any atom is 0.142 e. The summed E-state index contributed by atoms with van der Waals surface area (Å²) in [6.07, 6.45) is 12.6. The topological polar surface area (TPSA) is 71.8 Å². The molecule has 1 atom stereocenters. The Labute approximate surface area is 179 Å². The van der Waals surface area contributed by atoms with Crippen LogP contribution in [0.25, 0.3) is 0 Å². The molecule has 3 rings (SSSR count). The van der Waals surface area contributed by atoms with Gasteiger partial charge in [-0.1, -0.05) is 24.2 Å². The minimum atomic E-state index is -0.481. The molecule has 1 unspecified atom stereocenters. The van der Waals surface area contributed by atoms with Crippen molar-refractivity contribution in [3.05, 3.63) is 101 Å². The Balaban J connectivity index is 2.01. The third kappa shape index (κ3) is 4.64. The molecule has 30 heavy (non-hydrogen) atoms. The largest absolute Gasteiger partial charge is 0.337 e. The number of rotatable bonds is 7. The van der Waals surface area contributed by atoms with Crippen LogP contribution >= 0.6 is 11.6 Å². The normalized spacial score (nSPS) is 15.6. The smallest absolute Gasteiger partial charge is 0.142 e. The zero-order chi connectivity index (χ0) is 21.7. The number of benzene rings is 1. The van der Waals surface area contributed by atoms with E-state index >= 15 is 0 Å². The summed E-state index contributed by atoms with van der Waals surface area (Å²) in [4.78, 5) is 9.96. The molecule has 0 fully saturated rings. The second-order valence-electron chi connectivity index (χ2n) is 6.56. The summed E-state index contributed by atoms with van der Waals surface area (Å²) in [5.74, 6) is -0.481. The number of aromatic nitrogens is 2. The molecule has 0 saturated heterocycles. The summed E-state index contributed by atoms with van der Waals surface area (Å²) in [7, 11) is 1.83. The van der Waals surface area contributed by atoms with Gasteiger partial charge < -0.3 is 10.6 Å². The first kappa shape index (κ1) is 21.4. The Hall–Kier alpha value is -3.29. The fourth-order valence-electron chi connectivity index (χ4n) is 3.21. The van der Waals surface area contributed by atoms with Crippen molar-refractivity contribution in [3.63, 3.8) is 0 Å². The molecule has 1 aromatic carbocycles. The van der Waals surface area contributed by atoms with E-state index in [9.17, 15) is 4.39 Å². The molecule has 6 nitrogen and oxygen atoms in total. The van der Waals surface area contributed by atoms with Crippen molar-refractivity contribution in [1.29, 1.82) is 0 Å². The predicted molar refractivity (Wildman–Crippen MR) is 120 cm³/mol. The van der Waals surface area contributed by atoms with Gasteiger partial charge in [-0.05, 0) is 42.6 Å². The van der Waals surface area contributed by atoms with Gasteiger partial charge in [-0.25, -0.2) is 4.39 Å². The maximum absolute atomic E-state index is 14.2. The first-order valence-electron chi connectivity index (χ1n) is 9.12. The van der Waals surface area contributed by atoms with Crippen LogP contribution in [0.4, 0.5) is 4.39 Å². The minimum Gasteiger partial charge on any atom is -0.337 e. The monoisotopic (exact) mass is 424 g/mol. The van der Waals surface area contributed by atoms with Gasteiger partial charge in [-0.15, -0.1) is 0 Å². The summed E-state index contributed by atoms with van der Waals surface area (Å²) >= 11 is 5.89. The van der Waals surface area contributed by atoms with Crippen LogP contribution < -0.4 is 5.73 Å². The number of allylic oxidation sites excluding steroid dienone is 4. The lowest BCUT2D eigenvalue weighted by Crippen LogP contribution is -2.25. The number of nitrogens with two attached hydrogens (primary N) is 1. The van der Waals surface area contributed by atoms with E-state index in [1.54, 1.807) is 35.3 Å². The molecule has 2 heterocycles. The van der Waals surface area contributed by atoms with Crippen LogP contribution in [0.3, 0.4) is 0 Å². The van der Waals surface area contributed by atoms with Gasteiger partial charge in [0, 0.05) is 42.5 Å². The van der Waals surface area contributed by atoms with Gasteiger partial charge in [-0.2, -0.15) is 5.10 Å². The Morgan fingerprint density at radius 3 is 2.80 bits per heavy atom. The predicted octanol–water partition coefficient (Wildman–Crippen LogP) is 4.14. The molecule has 1 aromatic heterocycles. The first-order valence-corrected chi connectivity index (χ1v) is 9.50. The maximum atomic E-state index is 14.2. The van der Waals surface area contributed by atoms with Crippen LogP contribution in [0, 0.1) is 5.82 Å². The van der Waals surface area contributed by atoms with E-state index in [1.807, 2.05) is 36.5 Å². The lowest BCUT2D eigenvalue weighted by atomic mass is 9.97. The Morgan fingerprint density at radius 2 is 2.20 bits per heavy atom. The van der Waals surface area contributed by atoms with Gasteiger partial charge in [0.2, 0.25) is 0 Å². The van der Waals surface area contributed by atoms with Crippen LogP contribution in [-0.2, 0) is 7.05 Å². The molecule has 2 N–H and O–H groups in total. The zero-order valence-electron chi connectivity index (χ0n) is 16.5. The highest BCUT2D eigenvalue weighted by molar-refractivity contribution is 6.30. The molecule has 1 aliphatic rings. The molecule has 0 saturated carbocycles. The molecule has 1 aliphatic heterocycles. The summed E-state index contributed by atoms with van der Waals surface area (Å²) in [6.45, 7) is 7.77. The number of halogens is 2. The second-order valence-corrected chi connectivity index (χ2v) is 6.97. The summed E-state index contributed by atoms with van der Waals surface area (Å²) in [6, 6.07) is 4.43. The number of hydrogen-bond acceptors (Lipinski definition) is 5. The molecule has 0 radical (unpaired) electrons. The summed E-state index contributed by atoms with van der Waals surface area (Å²) < 4.78 is 15.9. The highest BCUT2D eigenvalue weighted by Crippen LogP contribution is 2.35. The van der Waals surface area contributed by atoms with Crippen molar-refractivity contribution in [3.8, 4) is 0 Å². The molecule has 0 amide bonds. The van der Waals surface area contributed by atoms with E-state index in [0.717, 1.165) is 16.7 Å². The summed E-state index contributed by atoms with van der Waals surface area (Å²) in [5, 5.41) is 4.34. The number of aliphatic imine (C=N–C) groups is 2. The fourth-order valence-corrected chi connectivity index (χ4v) is 3.33. The van der Waals surface area contributed by atoms with Gasteiger partial charge in [0.25, 0.3) is 0 Å². The van der Waals surface area contributed by atoms with Crippen LogP contribution in [0.1, 0.15) is 17.2 Å². The van der Waals surface area contributed by atoms with Crippen molar-refractivity contribution in [2.75, 3.05) is 6.67 Å². The van der Waals surface area contributed by atoms with Gasteiger partial charge in [0.15, 0.2) is 0 Å². The van der Waals surface area contributed by atoms with E-state index in [0.29, 0.717) is 11.4 Å². The standard InChI is InChI=1S/C22H22ClFN6/c1-15-10-16(21(27-14-25)6-8-26-2)7-9-30(15)22(18-12-28-29(3)13-18)17-4-5-19(23)20(24)11-17/h4-13,22H,1-2,14,25H2,3H3/b8-6-,27-21+. The molecule has 0 aliphatic carbocycles. The van der Waals surface area contributed by atoms with Gasteiger partial charge >= 0.3 is 0 Å². The van der Waals surface area contributed by atoms with E-state index in [1.165, 1.54) is 6.07 Å². The number of aryl methyl sites for hydroxylation is 1. The summed E-state index contributed by atoms with van der Waals surface area (Å²) in [5.41, 5.74) is 9.38. The minimum absolute atomic E-state index is 0.0733. The van der Waals surface area contributed by atoms with Crippen molar-refractivity contribution >= 4 is 24.0 Å². The van der Waals surface area contributed by atoms with E-state index in [2.05, 4.69) is 28.4 Å². The van der Waals surface area contributed by atoms with E-state index < -0.39 is 5.82 Å². The van der Waals surface area contributed by atoms with Crippen LogP contribution in [0.15, 0.2) is 89.1 Å². The number of hydrogen-bond donors (Lipinski definition) is 1. The Kier molecular flexibility index (Phi) is 6.76. The lowest BCUT2D eigenvalue weighted by Gasteiger charge is -2.33. The van der Waals surface area contributed by atoms with Crippen molar-refractivity contribution in [2.45, 2.75) is 6.04 Å². The molecular formula is C22H22ClFN6. The number of nitrogens with zero attached hydrogens (tertiary/aromatic N) is 5. The average Bonchev–Trinajstić information content (AvgIpc) is 3.15. The van der Waals surface area contributed by atoms with Gasteiger partial charge in [-0.3, -0.25) is 14.7 Å². The van der Waals surface area contributed by atoms with E-state index in [4.69, 9.17) is 17.3 Å². The zero-order valence-corrected chi connectivity index (χ0v) is 17.3. The molecular weight excluding hydrogens is 403 g/mol. The van der Waals surface area contributed by atoms with Crippen LogP contribution in [0.5, 0.6) is 0 Å². The van der Waals surface area contributed by atoms with E-state index in [-0.39, 0.29) is 17.7 Å². The van der Waals surface area contributed by atoms with Gasteiger partial charge in [0.05, 0.1) is 29.6 Å².